The molecule has 2 nitrogen and oxygen atoms in total. The first-order valence-electron chi connectivity index (χ1n) is 7.93. The average Bonchev–Trinajstić information content (AvgIpc) is 2.48. The van der Waals surface area contributed by atoms with Crippen molar-refractivity contribution in [2.24, 2.45) is 0 Å². The molecule has 0 heterocycles. The molecule has 0 aliphatic heterocycles. The van der Waals surface area contributed by atoms with Crippen molar-refractivity contribution in [2.45, 2.75) is 58.1 Å². The maximum Gasteiger partial charge on any atom is 0.120 e. The largest absolute Gasteiger partial charge is 0.486 e. The van der Waals surface area contributed by atoms with Crippen LogP contribution in [0.25, 0.3) is 0 Å². The van der Waals surface area contributed by atoms with Gasteiger partial charge in [-0.3, -0.25) is 0 Å². The third-order valence-electron chi connectivity index (χ3n) is 3.71. The zero-order valence-corrected chi connectivity index (χ0v) is 12.8. The van der Waals surface area contributed by atoms with E-state index in [0.29, 0.717) is 6.04 Å². The van der Waals surface area contributed by atoms with Crippen molar-refractivity contribution in [1.82, 2.24) is 5.32 Å². The number of hydrogen-bond donors (Lipinski definition) is 1. The molecule has 0 fully saturated rings. The molecular weight excluding hydrogens is 246 g/mol. The summed E-state index contributed by atoms with van der Waals surface area (Å²) in [6, 6.07) is 9.11. The Morgan fingerprint density at radius 1 is 1.30 bits per heavy atom. The minimum absolute atomic E-state index is 0.264. The fourth-order valence-electron chi connectivity index (χ4n) is 2.57. The van der Waals surface area contributed by atoms with Crippen LogP contribution in [0.5, 0.6) is 5.75 Å². The van der Waals surface area contributed by atoms with Crippen molar-refractivity contribution in [3.05, 3.63) is 42.0 Å². The highest BCUT2D eigenvalue weighted by Gasteiger charge is 2.10. The topological polar surface area (TPSA) is 21.3 Å². The van der Waals surface area contributed by atoms with Gasteiger partial charge in [-0.05, 0) is 69.3 Å². The molecule has 20 heavy (non-hydrogen) atoms. The van der Waals surface area contributed by atoms with Crippen LogP contribution in [0.1, 0.15) is 45.1 Å². The lowest BCUT2D eigenvalue weighted by Gasteiger charge is -2.19. The van der Waals surface area contributed by atoms with Crippen molar-refractivity contribution in [3.63, 3.8) is 0 Å². The highest BCUT2D eigenvalue weighted by molar-refractivity contribution is 5.28. The minimum Gasteiger partial charge on any atom is -0.486 e. The molecule has 0 bridgehead atoms. The summed E-state index contributed by atoms with van der Waals surface area (Å²) in [4.78, 5) is 0. The van der Waals surface area contributed by atoms with E-state index in [1.165, 1.54) is 24.8 Å². The van der Waals surface area contributed by atoms with Gasteiger partial charge in [0.2, 0.25) is 0 Å². The van der Waals surface area contributed by atoms with E-state index < -0.39 is 0 Å². The summed E-state index contributed by atoms with van der Waals surface area (Å²) in [6.45, 7) is 5.54. The van der Waals surface area contributed by atoms with E-state index >= 15 is 0 Å². The minimum atomic E-state index is 0.264. The quantitative estimate of drug-likeness (QED) is 0.755. The molecule has 0 saturated carbocycles. The number of ether oxygens (including phenoxy) is 1. The van der Waals surface area contributed by atoms with Gasteiger partial charge >= 0.3 is 0 Å². The molecule has 1 aromatic rings. The third kappa shape index (κ3) is 5.01. The molecule has 2 atom stereocenters. The van der Waals surface area contributed by atoms with Crippen molar-refractivity contribution >= 4 is 0 Å². The number of allylic oxidation sites excluding steroid dienone is 1. The molecule has 2 unspecified atom stereocenters. The van der Waals surface area contributed by atoms with Crippen LogP contribution in [-0.2, 0) is 6.42 Å². The fraction of sp³-hybridized carbons (Fsp3) is 0.556. The highest BCUT2D eigenvalue weighted by atomic mass is 16.5. The van der Waals surface area contributed by atoms with Gasteiger partial charge in [0.1, 0.15) is 11.9 Å². The normalized spacial score (nSPS) is 19.8. The third-order valence-corrected chi connectivity index (χ3v) is 3.71. The fourth-order valence-corrected chi connectivity index (χ4v) is 2.57. The summed E-state index contributed by atoms with van der Waals surface area (Å²) in [6.07, 6.45) is 10.5. The lowest BCUT2D eigenvalue weighted by molar-refractivity contribution is 0.230. The van der Waals surface area contributed by atoms with Crippen LogP contribution in [0, 0.1) is 0 Å². The maximum absolute atomic E-state index is 5.98. The van der Waals surface area contributed by atoms with Crippen LogP contribution >= 0.6 is 0 Å². The summed E-state index contributed by atoms with van der Waals surface area (Å²) < 4.78 is 5.98. The Morgan fingerprint density at radius 2 is 2.10 bits per heavy atom. The molecule has 0 saturated heterocycles. The Kier molecular flexibility index (Phi) is 6.13. The van der Waals surface area contributed by atoms with Gasteiger partial charge in [0.25, 0.3) is 0 Å². The molecule has 0 aromatic heterocycles. The molecule has 2 heteroatoms. The molecular formula is C18H27NO. The molecule has 1 aliphatic rings. The second-order valence-corrected chi connectivity index (χ2v) is 5.72. The predicted octanol–water partition coefficient (Wildman–Crippen LogP) is 4.10. The second kappa shape index (κ2) is 8.11. The van der Waals surface area contributed by atoms with Crippen molar-refractivity contribution in [1.29, 1.82) is 0 Å². The first-order valence-corrected chi connectivity index (χ1v) is 7.93. The summed E-state index contributed by atoms with van der Waals surface area (Å²) in [5, 5.41) is 3.52. The molecule has 0 radical (unpaired) electrons. The standard InChI is InChI=1S/C18H27NO/c1-3-13-19-15(2)14-16-9-11-18(12-10-16)20-17-7-5-4-6-8-17/h5,7,9-12,15,17,19H,3-4,6,8,13-14H2,1-2H3. The van der Waals surface area contributed by atoms with E-state index in [9.17, 15) is 0 Å². The van der Waals surface area contributed by atoms with E-state index in [-0.39, 0.29) is 6.10 Å². The number of benzene rings is 1. The summed E-state index contributed by atoms with van der Waals surface area (Å²) in [5.41, 5.74) is 1.37. The van der Waals surface area contributed by atoms with Crippen molar-refractivity contribution < 1.29 is 4.74 Å². The lowest BCUT2D eigenvalue weighted by Crippen LogP contribution is -2.28. The average molecular weight is 273 g/mol. The van der Waals surface area contributed by atoms with Crippen LogP contribution in [0.4, 0.5) is 0 Å². The lowest BCUT2D eigenvalue weighted by atomic mass is 10.0. The van der Waals surface area contributed by atoms with Crippen molar-refractivity contribution in [2.75, 3.05) is 6.54 Å². The van der Waals surface area contributed by atoms with Crippen LogP contribution in [0.2, 0.25) is 0 Å². The number of hydrogen-bond acceptors (Lipinski definition) is 2. The first kappa shape index (κ1) is 15.1. The molecule has 1 N–H and O–H groups in total. The Morgan fingerprint density at radius 3 is 2.75 bits per heavy atom. The van der Waals surface area contributed by atoms with E-state index in [0.717, 1.165) is 25.1 Å². The molecule has 2 rings (SSSR count). The van der Waals surface area contributed by atoms with Crippen LogP contribution in [0.3, 0.4) is 0 Å². The number of nitrogens with one attached hydrogen (secondary N) is 1. The van der Waals surface area contributed by atoms with E-state index in [4.69, 9.17) is 4.74 Å². The van der Waals surface area contributed by atoms with Gasteiger partial charge in [-0.25, -0.2) is 0 Å². The monoisotopic (exact) mass is 273 g/mol. The van der Waals surface area contributed by atoms with Crippen LogP contribution in [0.15, 0.2) is 36.4 Å². The molecule has 1 aromatic carbocycles. The first-order chi connectivity index (χ1) is 9.78. The van der Waals surface area contributed by atoms with Gasteiger partial charge in [-0.15, -0.1) is 0 Å². The smallest absolute Gasteiger partial charge is 0.120 e. The van der Waals surface area contributed by atoms with Gasteiger partial charge in [0.05, 0.1) is 0 Å². The van der Waals surface area contributed by atoms with Gasteiger partial charge in [-0.1, -0.05) is 25.1 Å². The second-order valence-electron chi connectivity index (χ2n) is 5.72. The maximum atomic E-state index is 5.98. The SMILES string of the molecule is CCCNC(C)Cc1ccc(OC2C=CCCC2)cc1. The van der Waals surface area contributed by atoms with Crippen LogP contribution < -0.4 is 10.1 Å². The summed E-state index contributed by atoms with van der Waals surface area (Å²) in [7, 11) is 0. The molecule has 0 spiro atoms. The number of rotatable bonds is 7. The molecule has 0 amide bonds. The molecule has 1 aliphatic carbocycles. The zero-order valence-electron chi connectivity index (χ0n) is 12.8. The summed E-state index contributed by atoms with van der Waals surface area (Å²) in [5.74, 6) is 0.986. The van der Waals surface area contributed by atoms with Gasteiger partial charge < -0.3 is 10.1 Å². The predicted molar refractivity (Wildman–Crippen MR) is 85.3 cm³/mol. The Balaban J connectivity index is 1.82. The summed E-state index contributed by atoms with van der Waals surface area (Å²) >= 11 is 0. The van der Waals surface area contributed by atoms with Gasteiger partial charge in [0, 0.05) is 6.04 Å². The Labute approximate surface area is 123 Å². The zero-order chi connectivity index (χ0) is 14.2. The van der Waals surface area contributed by atoms with E-state index in [1.807, 2.05) is 0 Å². The van der Waals surface area contributed by atoms with Crippen molar-refractivity contribution in [3.8, 4) is 5.75 Å². The Hall–Kier alpha value is -1.28. The van der Waals surface area contributed by atoms with E-state index in [1.54, 1.807) is 0 Å². The highest BCUT2D eigenvalue weighted by Crippen LogP contribution is 2.19. The van der Waals surface area contributed by atoms with Gasteiger partial charge in [0.15, 0.2) is 0 Å². The van der Waals surface area contributed by atoms with Gasteiger partial charge in [-0.2, -0.15) is 0 Å². The van der Waals surface area contributed by atoms with E-state index in [2.05, 4.69) is 55.6 Å². The Bertz CT molecular complexity index is 410. The van der Waals surface area contributed by atoms with Crippen LogP contribution in [-0.4, -0.2) is 18.7 Å². The molecule has 110 valence electrons.